The van der Waals surface area contributed by atoms with E-state index in [4.69, 9.17) is 4.98 Å². The molecule has 1 N–H and O–H groups in total. The van der Waals surface area contributed by atoms with Crippen molar-refractivity contribution in [1.29, 1.82) is 0 Å². The van der Waals surface area contributed by atoms with Crippen LogP contribution in [0.25, 0.3) is 11.3 Å². The highest BCUT2D eigenvalue weighted by Gasteiger charge is 2.38. The lowest BCUT2D eigenvalue weighted by molar-refractivity contribution is -0.132. The minimum absolute atomic E-state index is 0.0764. The molecule has 0 spiro atoms. The number of aromatic nitrogens is 1. The summed E-state index contributed by atoms with van der Waals surface area (Å²) in [5.74, 6) is 0.0764. The highest BCUT2D eigenvalue weighted by Crippen LogP contribution is 2.28. The van der Waals surface area contributed by atoms with E-state index < -0.39 is 6.17 Å². The Morgan fingerprint density at radius 2 is 1.93 bits per heavy atom. The molecule has 5 rings (SSSR count). The molecule has 3 aliphatic rings. The number of amides is 1. The van der Waals surface area contributed by atoms with Crippen LogP contribution >= 0.6 is 11.3 Å². The molecular weight excluding hydrogens is 401 g/mol. The first kappa shape index (κ1) is 19.9. The van der Waals surface area contributed by atoms with Crippen LogP contribution in [0.2, 0.25) is 0 Å². The zero-order chi connectivity index (χ0) is 20.5. The van der Waals surface area contributed by atoms with Gasteiger partial charge in [0.25, 0.3) is 0 Å². The lowest BCUT2D eigenvalue weighted by atomic mass is 10.1. The Hall–Kier alpha value is -2.03. The van der Waals surface area contributed by atoms with Gasteiger partial charge in [-0.1, -0.05) is 30.3 Å². The predicted molar refractivity (Wildman–Crippen MR) is 118 cm³/mol. The fourth-order valence-corrected chi connectivity index (χ4v) is 5.64. The molecule has 160 valence electrons. The SMILES string of the molecule is O=C([C@@H]1C[C@H](N2CCN(c3nc(-c4ccccc4)cs3)CC2)CN1)N1CCC(F)C1. The first-order valence-electron chi connectivity index (χ1n) is 10.8. The van der Waals surface area contributed by atoms with Gasteiger partial charge in [-0.15, -0.1) is 11.3 Å². The van der Waals surface area contributed by atoms with Crippen LogP contribution in [0.15, 0.2) is 35.7 Å². The molecule has 1 aromatic heterocycles. The second kappa shape index (κ2) is 8.61. The van der Waals surface area contributed by atoms with Gasteiger partial charge in [-0.05, 0) is 12.8 Å². The number of carbonyl (C=O) groups excluding carboxylic acids is 1. The second-order valence-corrected chi connectivity index (χ2v) is 9.26. The average Bonchev–Trinajstić information content (AvgIpc) is 3.55. The third-order valence-electron chi connectivity index (χ3n) is 6.51. The molecule has 0 radical (unpaired) electrons. The molecule has 0 aliphatic carbocycles. The summed E-state index contributed by atoms with van der Waals surface area (Å²) >= 11 is 1.71. The Balaban J connectivity index is 1.13. The fraction of sp³-hybridized carbons (Fsp3) is 0.545. The van der Waals surface area contributed by atoms with E-state index in [9.17, 15) is 9.18 Å². The average molecular weight is 430 g/mol. The first-order chi connectivity index (χ1) is 14.7. The molecule has 3 fully saturated rings. The van der Waals surface area contributed by atoms with E-state index in [0.717, 1.165) is 55.5 Å². The van der Waals surface area contributed by atoms with E-state index in [1.54, 1.807) is 16.2 Å². The number of rotatable bonds is 4. The normalized spacial score (nSPS) is 27.7. The first-order valence-corrected chi connectivity index (χ1v) is 11.7. The molecule has 3 atom stereocenters. The third kappa shape index (κ3) is 4.08. The zero-order valence-corrected chi connectivity index (χ0v) is 17.9. The van der Waals surface area contributed by atoms with Gasteiger partial charge < -0.3 is 15.1 Å². The van der Waals surface area contributed by atoms with Crippen LogP contribution in [0, 0.1) is 0 Å². The summed E-state index contributed by atoms with van der Waals surface area (Å²) in [5, 5.41) is 6.60. The minimum atomic E-state index is -0.854. The number of thiazole rings is 1. The molecular formula is C22H28FN5OS. The second-order valence-electron chi connectivity index (χ2n) is 8.42. The van der Waals surface area contributed by atoms with Crippen molar-refractivity contribution in [2.75, 3.05) is 50.7 Å². The van der Waals surface area contributed by atoms with Crippen molar-refractivity contribution in [2.45, 2.75) is 31.1 Å². The van der Waals surface area contributed by atoms with Crippen LogP contribution in [0.1, 0.15) is 12.8 Å². The summed E-state index contributed by atoms with van der Waals surface area (Å²) in [4.78, 5) is 24.0. The van der Waals surface area contributed by atoms with Crippen molar-refractivity contribution in [2.24, 2.45) is 0 Å². The van der Waals surface area contributed by atoms with Gasteiger partial charge in [0.15, 0.2) is 5.13 Å². The molecule has 3 saturated heterocycles. The lowest BCUT2D eigenvalue weighted by Gasteiger charge is -2.37. The van der Waals surface area contributed by atoms with Gasteiger partial charge in [-0.2, -0.15) is 0 Å². The molecule has 1 aromatic carbocycles. The van der Waals surface area contributed by atoms with Gasteiger partial charge in [-0.25, -0.2) is 9.37 Å². The monoisotopic (exact) mass is 429 g/mol. The van der Waals surface area contributed by atoms with Crippen LogP contribution in [0.3, 0.4) is 0 Å². The van der Waals surface area contributed by atoms with Gasteiger partial charge in [0.1, 0.15) is 6.17 Å². The fourth-order valence-electron chi connectivity index (χ4n) is 4.75. The summed E-state index contributed by atoms with van der Waals surface area (Å²) in [5.41, 5.74) is 2.19. The number of nitrogens with one attached hydrogen (secondary N) is 1. The van der Waals surface area contributed by atoms with Gasteiger partial charge in [-0.3, -0.25) is 9.69 Å². The number of hydrogen-bond acceptors (Lipinski definition) is 6. The van der Waals surface area contributed by atoms with Crippen molar-refractivity contribution in [3.8, 4) is 11.3 Å². The van der Waals surface area contributed by atoms with Crippen molar-refractivity contribution >= 4 is 22.4 Å². The quantitative estimate of drug-likeness (QED) is 0.808. The van der Waals surface area contributed by atoms with Crippen molar-refractivity contribution in [1.82, 2.24) is 20.1 Å². The molecule has 0 saturated carbocycles. The molecule has 30 heavy (non-hydrogen) atoms. The molecule has 8 heteroatoms. The molecule has 4 heterocycles. The molecule has 6 nitrogen and oxygen atoms in total. The van der Waals surface area contributed by atoms with Crippen LogP contribution in [-0.2, 0) is 4.79 Å². The number of likely N-dealkylation sites (tertiary alicyclic amines) is 1. The maximum Gasteiger partial charge on any atom is 0.239 e. The Morgan fingerprint density at radius 1 is 1.13 bits per heavy atom. The molecule has 0 bridgehead atoms. The Labute approximate surface area is 180 Å². The van der Waals surface area contributed by atoms with Crippen molar-refractivity contribution < 1.29 is 9.18 Å². The number of anilines is 1. The van der Waals surface area contributed by atoms with E-state index in [2.05, 4.69) is 32.6 Å². The third-order valence-corrected chi connectivity index (χ3v) is 7.41. The van der Waals surface area contributed by atoms with Gasteiger partial charge in [0.2, 0.25) is 5.91 Å². The number of benzene rings is 1. The molecule has 1 amide bonds. The van der Waals surface area contributed by atoms with Crippen LogP contribution in [0.4, 0.5) is 9.52 Å². The number of carbonyl (C=O) groups is 1. The Bertz CT molecular complexity index is 869. The van der Waals surface area contributed by atoms with Crippen molar-refractivity contribution in [3.63, 3.8) is 0 Å². The summed E-state index contributed by atoms with van der Waals surface area (Å²) in [7, 11) is 0. The van der Waals surface area contributed by atoms with E-state index in [0.29, 0.717) is 19.0 Å². The standard InChI is InChI=1S/C22H28FN5OS/c23-17-6-7-28(14-17)21(29)19-12-18(13-24-19)26-8-10-27(11-9-26)22-25-20(15-30-22)16-4-2-1-3-5-16/h1-5,15,17-19,24H,6-14H2/t17?,18-,19-/m0/s1. The number of piperazine rings is 1. The Kier molecular flexibility index (Phi) is 5.71. The topological polar surface area (TPSA) is 51.7 Å². The maximum absolute atomic E-state index is 13.4. The number of hydrogen-bond donors (Lipinski definition) is 1. The van der Waals surface area contributed by atoms with Crippen LogP contribution in [0.5, 0.6) is 0 Å². The summed E-state index contributed by atoms with van der Waals surface area (Å²) < 4.78 is 13.4. The van der Waals surface area contributed by atoms with E-state index in [1.807, 2.05) is 18.2 Å². The Morgan fingerprint density at radius 3 is 2.67 bits per heavy atom. The smallest absolute Gasteiger partial charge is 0.239 e. The molecule has 2 aromatic rings. The predicted octanol–water partition coefficient (Wildman–Crippen LogP) is 2.23. The number of halogens is 1. The van der Waals surface area contributed by atoms with Crippen molar-refractivity contribution in [3.05, 3.63) is 35.7 Å². The highest BCUT2D eigenvalue weighted by molar-refractivity contribution is 7.14. The van der Waals surface area contributed by atoms with E-state index in [1.165, 1.54) is 0 Å². The largest absolute Gasteiger partial charge is 0.346 e. The summed E-state index contributed by atoms with van der Waals surface area (Å²) in [6.45, 7) is 5.50. The van der Waals surface area contributed by atoms with Crippen LogP contribution in [-0.4, -0.2) is 84.8 Å². The summed E-state index contributed by atoms with van der Waals surface area (Å²) in [6.07, 6.45) is 0.446. The minimum Gasteiger partial charge on any atom is -0.346 e. The maximum atomic E-state index is 13.4. The lowest BCUT2D eigenvalue weighted by Crippen LogP contribution is -2.51. The van der Waals surface area contributed by atoms with E-state index >= 15 is 0 Å². The van der Waals surface area contributed by atoms with Gasteiger partial charge in [0, 0.05) is 56.3 Å². The highest BCUT2D eigenvalue weighted by atomic mass is 32.1. The van der Waals surface area contributed by atoms with Gasteiger partial charge in [0.05, 0.1) is 18.3 Å². The number of alkyl halides is 1. The number of nitrogens with zero attached hydrogens (tertiary/aromatic N) is 4. The molecule has 1 unspecified atom stereocenters. The zero-order valence-electron chi connectivity index (χ0n) is 17.0. The van der Waals surface area contributed by atoms with Gasteiger partial charge >= 0.3 is 0 Å². The summed E-state index contributed by atoms with van der Waals surface area (Å²) in [6, 6.07) is 10.5. The molecule has 3 aliphatic heterocycles. The van der Waals surface area contributed by atoms with E-state index in [-0.39, 0.29) is 18.5 Å². The van der Waals surface area contributed by atoms with Crippen LogP contribution < -0.4 is 10.2 Å².